The van der Waals surface area contributed by atoms with Crippen molar-refractivity contribution in [3.05, 3.63) is 42.5 Å². The third-order valence-electron chi connectivity index (χ3n) is 3.24. The molecular weight excluding hydrogens is 312 g/mol. The van der Waals surface area contributed by atoms with Crippen molar-refractivity contribution in [2.45, 2.75) is 6.92 Å². The molecule has 2 aromatic carbocycles. The van der Waals surface area contributed by atoms with Gasteiger partial charge in [-0.05, 0) is 43.3 Å². The number of anilines is 1. The summed E-state index contributed by atoms with van der Waals surface area (Å²) >= 11 is 0. The minimum Gasteiger partial charge on any atom is -0.494 e. The number of hydrogen-bond donors (Lipinski definition) is 2. The molecule has 0 spiro atoms. The fourth-order valence-corrected chi connectivity index (χ4v) is 2.13. The van der Waals surface area contributed by atoms with Crippen molar-refractivity contribution in [1.82, 2.24) is 5.32 Å². The Balaban J connectivity index is 1.44. The van der Waals surface area contributed by atoms with Crippen LogP contribution >= 0.6 is 0 Å². The molecule has 1 aliphatic rings. The number of fused-ring (bicyclic) bond motifs is 1. The van der Waals surface area contributed by atoms with Gasteiger partial charge in [0.15, 0.2) is 18.2 Å². The Morgan fingerprint density at radius 3 is 2.50 bits per heavy atom. The van der Waals surface area contributed by atoms with Crippen molar-refractivity contribution in [3.8, 4) is 23.0 Å². The first-order valence-corrected chi connectivity index (χ1v) is 7.55. The van der Waals surface area contributed by atoms with Gasteiger partial charge in [0.25, 0.3) is 0 Å². The fourth-order valence-electron chi connectivity index (χ4n) is 2.13. The summed E-state index contributed by atoms with van der Waals surface area (Å²) in [6.07, 6.45) is 0. The minimum absolute atomic E-state index is 0.0460. The Labute approximate surface area is 139 Å². The van der Waals surface area contributed by atoms with Crippen LogP contribution in [0, 0.1) is 0 Å². The molecule has 0 saturated carbocycles. The Morgan fingerprint density at radius 1 is 1.04 bits per heavy atom. The number of carbonyl (C=O) groups is 1. The van der Waals surface area contributed by atoms with Gasteiger partial charge >= 0.3 is 6.03 Å². The van der Waals surface area contributed by atoms with E-state index in [4.69, 9.17) is 18.9 Å². The third-order valence-corrected chi connectivity index (χ3v) is 3.24. The average Bonchev–Trinajstić information content (AvgIpc) is 3.04. The maximum Gasteiger partial charge on any atom is 0.321 e. The second kappa shape index (κ2) is 7.45. The van der Waals surface area contributed by atoms with Crippen LogP contribution in [-0.4, -0.2) is 26.2 Å². The van der Waals surface area contributed by atoms with Crippen molar-refractivity contribution in [3.63, 3.8) is 0 Å². The van der Waals surface area contributed by atoms with Crippen molar-refractivity contribution < 1.29 is 23.7 Å². The van der Waals surface area contributed by atoms with Gasteiger partial charge < -0.3 is 29.6 Å². The standard InChI is InChI=1S/C17H18N2O5/c1-2-21-13-4-6-14(7-5-13)22-10-18-17(20)19-12-3-8-15-16(9-12)24-11-23-15/h3-9H,2,10-11H2,1H3,(H2,18,19,20). The molecule has 2 N–H and O–H groups in total. The molecule has 0 unspecified atom stereocenters. The van der Waals surface area contributed by atoms with E-state index in [1.54, 1.807) is 30.3 Å². The second-order valence-corrected chi connectivity index (χ2v) is 4.89. The number of carbonyl (C=O) groups excluding carboxylic acids is 1. The molecule has 0 fully saturated rings. The number of hydrogen-bond acceptors (Lipinski definition) is 5. The zero-order valence-electron chi connectivity index (χ0n) is 13.2. The topological polar surface area (TPSA) is 78.1 Å². The number of amides is 2. The highest BCUT2D eigenvalue weighted by molar-refractivity contribution is 5.89. The number of rotatable bonds is 6. The molecular formula is C17H18N2O5. The third kappa shape index (κ3) is 4.01. The normalized spacial score (nSPS) is 11.7. The van der Waals surface area contributed by atoms with Gasteiger partial charge in [-0.3, -0.25) is 0 Å². The summed E-state index contributed by atoms with van der Waals surface area (Å²) in [5.74, 6) is 2.69. The molecule has 0 radical (unpaired) electrons. The van der Waals surface area contributed by atoms with Crippen LogP contribution in [0.3, 0.4) is 0 Å². The molecule has 0 atom stereocenters. The number of urea groups is 1. The summed E-state index contributed by atoms with van der Waals surface area (Å²) < 4.78 is 21.3. The van der Waals surface area contributed by atoms with E-state index < -0.39 is 0 Å². The van der Waals surface area contributed by atoms with Crippen LogP contribution in [0.25, 0.3) is 0 Å². The first-order chi connectivity index (χ1) is 11.7. The Hall–Kier alpha value is -3.09. The zero-order valence-corrected chi connectivity index (χ0v) is 13.2. The molecule has 0 bridgehead atoms. The van der Waals surface area contributed by atoms with Crippen LogP contribution < -0.4 is 29.6 Å². The average molecular weight is 330 g/mol. The van der Waals surface area contributed by atoms with E-state index in [0.29, 0.717) is 29.5 Å². The van der Waals surface area contributed by atoms with E-state index >= 15 is 0 Å². The molecule has 24 heavy (non-hydrogen) atoms. The van der Waals surface area contributed by atoms with E-state index in [1.165, 1.54) is 0 Å². The van der Waals surface area contributed by atoms with Crippen molar-refractivity contribution >= 4 is 11.7 Å². The molecule has 2 aromatic rings. The van der Waals surface area contributed by atoms with Crippen LogP contribution in [0.15, 0.2) is 42.5 Å². The monoisotopic (exact) mass is 330 g/mol. The molecule has 7 nitrogen and oxygen atoms in total. The maximum absolute atomic E-state index is 11.8. The Kier molecular flexibility index (Phi) is 4.90. The van der Waals surface area contributed by atoms with Gasteiger partial charge in [-0.2, -0.15) is 0 Å². The van der Waals surface area contributed by atoms with Gasteiger partial charge in [0.05, 0.1) is 6.61 Å². The summed E-state index contributed by atoms with van der Waals surface area (Å²) in [6.45, 7) is 2.78. The molecule has 3 rings (SSSR count). The van der Waals surface area contributed by atoms with Gasteiger partial charge in [-0.25, -0.2) is 4.79 Å². The van der Waals surface area contributed by atoms with Crippen LogP contribution in [0.5, 0.6) is 23.0 Å². The van der Waals surface area contributed by atoms with E-state index in [1.807, 2.05) is 19.1 Å². The first-order valence-electron chi connectivity index (χ1n) is 7.55. The minimum atomic E-state index is -0.375. The highest BCUT2D eigenvalue weighted by Crippen LogP contribution is 2.34. The van der Waals surface area contributed by atoms with Gasteiger partial charge in [0, 0.05) is 11.8 Å². The highest BCUT2D eigenvalue weighted by atomic mass is 16.7. The summed E-state index contributed by atoms with van der Waals surface area (Å²) in [5.41, 5.74) is 0.609. The lowest BCUT2D eigenvalue weighted by molar-refractivity contribution is 0.174. The smallest absolute Gasteiger partial charge is 0.321 e. The summed E-state index contributed by atoms with van der Waals surface area (Å²) in [4.78, 5) is 11.8. The van der Waals surface area contributed by atoms with E-state index in [-0.39, 0.29) is 19.6 Å². The summed E-state index contributed by atoms with van der Waals surface area (Å²) in [5, 5.41) is 5.31. The lowest BCUT2D eigenvalue weighted by Gasteiger charge is -2.10. The second-order valence-electron chi connectivity index (χ2n) is 4.89. The molecule has 0 saturated heterocycles. The van der Waals surface area contributed by atoms with Gasteiger partial charge in [0.2, 0.25) is 6.79 Å². The quantitative estimate of drug-likeness (QED) is 0.796. The maximum atomic E-state index is 11.8. The Bertz CT molecular complexity index is 703. The molecule has 126 valence electrons. The number of ether oxygens (including phenoxy) is 4. The molecule has 0 aliphatic carbocycles. The lowest BCUT2D eigenvalue weighted by atomic mass is 10.3. The molecule has 1 heterocycles. The van der Waals surface area contributed by atoms with Crippen LogP contribution in [0.4, 0.5) is 10.5 Å². The van der Waals surface area contributed by atoms with Gasteiger partial charge in [0.1, 0.15) is 11.5 Å². The molecule has 2 amide bonds. The fraction of sp³-hybridized carbons (Fsp3) is 0.235. The highest BCUT2D eigenvalue weighted by Gasteiger charge is 2.13. The Morgan fingerprint density at radius 2 is 1.75 bits per heavy atom. The summed E-state index contributed by atoms with van der Waals surface area (Å²) in [7, 11) is 0. The summed E-state index contributed by atoms with van der Waals surface area (Å²) in [6, 6.07) is 12.0. The molecule has 1 aliphatic heterocycles. The van der Waals surface area contributed by atoms with Crippen LogP contribution in [-0.2, 0) is 0 Å². The van der Waals surface area contributed by atoms with Crippen LogP contribution in [0.1, 0.15) is 6.92 Å². The predicted octanol–water partition coefficient (Wildman–Crippen LogP) is 2.97. The van der Waals surface area contributed by atoms with E-state index in [2.05, 4.69) is 10.6 Å². The largest absolute Gasteiger partial charge is 0.494 e. The number of nitrogens with one attached hydrogen (secondary N) is 2. The molecule has 0 aromatic heterocycles. The SMILES string of the molecule is CCOc1ccc(OCNC(=O)Nc2ccc3c(c2)OCO3)cc1. The lowest BCUT2D eigenvalue weighted by Crippen LogP contribution is -2.31. The van der Waals surface area contributed by atoms with E-state index in [0.717, 1.165) is 5.75 Å². The van der Waals surface area contributed by atoms with Crippen molar-refractivity contribution in [2.24, 2.45) is 0 Å². The van der Waals surface area contributed by atoms with Crippen molar-refractivity contribution in [1.29, 1.82) is 0 Å². The van der Waals surface area contributed by atoms with Gasteiger partial charge in [-0.15, -0.1) is 0 Å². The zero-order chi connectivity index (χ0) is 16.8. The molecule has 7 heteroatoms. The van der Waals surface area contributed by atoms with Crippen LogP contribution in [0.2, 0.25) is 0 Å². The van der Waals surface area contributed by atoms with E-state index in [9.17, 15) is 4.79 Å². The van der Waals surface area contributed by atoms with Crippen molar-refractivity contribution in [2.75, 3.05) is 25.4 Å². The predicted molar refractivity (Wildman–Crippen MR) is 87.8 cm³/mol. The number of benzene rings is 2. The first kappa shape index (κ1) is 15.8. The van der Waals surface area contributed by atoms with Gasteiger partial charge in [-0.1, -0.05) is 0 Å².